The number of nitrogens with two attached hydrogens (primary N) is 1. The van der Waals surface area contributed by atoms with Gasteiger partial charge >= 0.3 is 5.97 Å². The third-order valence-electron chi connectivity index (χ3n) is 6.04. The number of aliphatic hydroxyl groups excluding tert-OH is 1. The summed E-state index contributed by atoms with van der Waals surface area (Å²) in [6.07, 6.45) is 2.48. The molecule has 0 saturated heterocycles. The second-order valence-corrected chi connectivity index (χ2v) is 10.3. The van der Waals surface area contributed by atoms with Gasteiger partial charge in [-0.05, 0) is 42.9 Å². The number of benzene rings is 1. The van der Waals surface area contributed by atoms with Crippen LogP contribution in [0.25, 0.3) is 10.9 Å². The van der Waals surface area contributed by atoms with Crippen LogP contribution in [0.4, 0.5) is 0 Å². The lowest BCUT2D eigenvalue weighted by atomic mass is 10.0. The smallest absolute Gasteiger partial charge is 0.326 e. The zero-order valence-corrected chi connectivity index (χ0v) is 22.3. The molecule has 0 aliphatic rings. The van der Waals surface area contributed by atoms with Crippen molar-refractivity contribution in [1.29, 1.82) is 0 Å². The molecule has 1 heterocycles. The molecule has 2 aromatic rings. The monoisotopic (exact) mass is 535 g/mol. The molecule has 8 N–H and O–H groups in total. The first-order valence-electron chi connectivity index (χ1n) is 12.1. The lowest BCUT2D eigenvalue weighted by molar-refractivity contribution is -0.143. The largest absolute Gasteiger partial charge is 0.480 e. The van der Waals surface area contributed by atoms with Crippen molar-refractivity contribution < 1.29 is 29.4 Å². The number of rotatable bonds is 14. The van der Waals surface area contributed by atoms with Crippen LogP contribution in [0.15, 0.2) is 30.5 Å². The van der Waals surface area contributed by atoms with Gasteiger partial charge in [0.25, 0.3) is 0 Å². The average molecular weight is 536 g/mol. The van der Waals surface area contributed by atoms with Gasteiger partial charge in [-0.1, -0.05) is 32.0 Å². The minimum atomic E-state index is -1.44. The fourth-order valence-electron chi connectivity index (χ4n) is 3.71. The van der Waals surface area contributed by atoms with Gasteiger partial charge in [-0.2, -0.15) is 11.8 Å². The topological polar surface area (TPSA) is 187 Å². The highest BCUT2D eigenvalue weighted by molar-refractivity contribution is 7.98. The summed E-state index contributed by atoms with van der Waals surface area (Å²) >= 11 is 1.43. The van der Waals surface area contributed by atoms with E-state index in [0.717, 1.165) is 16.5 Å². The van der Waals surface area contributed by atoms with E-state index in [4.69, 9.17) is 5.73 Å². The zero-order chi connectivity index (χ0) is 27.7. The number of H-pyrrole nitrogens is 1. The fourth-order valence-corrected chi connectivity index (χ4v) is 4.19. The SMILES string of the molecule is CSCCC(NC(=O)C(NC(=O)C(Cc1c[nH]c2ccccc12)NC(=O)C(N)C(C)C)C(C)O)C(=O)O. The first-order valence-corrected chi connectivity index (χ1v) is 13.5. The van der Waals surface area contributed by atoms with Gasteiger partial charge in [0.05, 0.1) is 12.1 Å². The third kappa shape index (κ3) is 8.48. The van der Waals surface area contributed by atoms with Crippen LogP contribution in [-0.2, 0) is 25.6 Å². The number of carboxylic acids is 1. The minimum absolute atomic E-state index is 0.0893. The summed E-state index contributed by atoms with van der Waals surface area (Å²) in [7, 11) is 0. The van der Waals surface area contributed by atoms with E-state index in [1.165, 1.54) is 18.7 Å². The van der Waals surface area contributed by atoms with Gasteiger partial charge in [-0.25, -0.2) is 4.79 Å². The van der Waals surface area contributed by atoms with Crippen LogP contribution in [-0.4, -0.2) is 81.2 Å². The molecule has 11 nitrogen and oxygen atoms in total. The van der Waals surface area contributed by atoms with E-state index in [9.17, 15) is 29.4 Å². The van der Waals surface area contributed by atoms with Crippen molar-refractivity contribution >= 4 is 46.4 Å². The Hall–Kier alpha value is -3.09. The third-order valence-corrected chi connectivity index (χ3v) is 6.68. The van der Waals surface area contributed by atoms with E-state index >= 15 is 0 Å². The van der Waals surface area contributed by atoms with Gasteiger partial charge in [0, 0.05) is 23.5 Å². The van der Waals surface area contributed by atoms with E-state index < -0.39 is 54.0 Å². The molecule has 2 rings (SSSR count). The first kappa shape index (κ1) is 30.1. The van der Waals surface area contributed by atoms with Crippen molar-refractivity contribution in [2.45, 2.75) is 63.9 Å². The molecular weight excluding hydrogens is 498 g/mol. The van der Waals surface area contributed by atoms with Crippen LogP contribution in [0.2, 0.25) is 0 Å². The summed E-state index contributed by atoms with van der Waals surface area (Å²) in [4.78, 5) is 53.6. The summed E-state index contributed by atoms with van der Waals surface area (Å²) in [5.41, 5.74) is 7.60. The second-order valence-electron chi connectivity index (χ2n) is 9.30. The Kier molecular flexibility index (Phi) is 11.4. The molecule has 0 spiro atoms. The number of carbonyl (C=O) groups excluding carboxylic acids is 3. The number of aromatic nitrogens is 1. The molecule has 1 aromatic carbocycles. The molecule has 0 aliphatic heterocycles. The number of hydrogen-bond acceptors (Lipinski definition) is 7. The van der Waals surface area contributed by atoms with Gasteiger partial charge in [-0.15, -0.1) is 0 Å². The van der Waals surface area contributed by atoms with Crippen molar-refractivity contribution in [2.24, 2.45) is 11.7 Å². The highest BCUT2D eigenvalue weighted by atomic mass is 32.2. The van der Waals surface area contributed by atoms with Crippen LogP contribution < -0.4 is 21.7 Å². The zero-order valence-electron chi connectivity index (χ0n) is 21.5. The highest BCUT2D eigenvalue weighted by Crippen LogP contribution is 2.19. The number of nitrogens with one attached hydrogen (secondary N) is 4. The summed E-state index contributed by atoms with van der Waals surface area (Å²) in [6.45, 7) is 4.87. The van der Waals surface area contributed by atoms with Crippen molar-refractivity contribution in [3.05, 3.63) is 36.0 Å². The van der Waals surface area contributed by atoms with Crippen molar-refractivity contribution in [1.82, 2.24) is 20.9 Å². The van der Waals surface area contributed by atoms with E-state index in [2.05, 4.69) is 20.9 Å². The number of aliphatic hydroxyl groups is 1. The van der Waals surface area contributed by atoms with Crippen molar-refractivity contribution in [3.63, 3.8) is 0 Å². The Morgan fingerprint density at radius 2 is 1.65 bits per heavy atom. The quantitative estimate of drug-likeness (QED) is 0.181. The Bertz CT molecular complexity index is 1090. The molecule has 5 atom stereocenters. The number of aromatic amines is 1. The minimum Gasteiger partial charge on any atom is -0.480 e. The standard InChI is InChI=1S/C25H37N5O6S/c1-13(2)20(26)23(33)29-19(11-15-12-27-17-8-6-5-7-16(15)17)22(32)30-21(14(3)31)24(34)28-18(25(35)36)9-10-37-4/h5-8,12-14,18-21,27,31H,9-11,26H2,1-4H3,(H,28,34)(H,29,33)(H,30,32)(H,35,36). The maximum atomic E-state index is 13.4. The summed E-state index contributed by atoms with van der Waals surface area (Å²) in [6, 6.07) is 2.89. The number of carbonyl (C=O) groups is 4. The molecule has 1 aromatic heterocycles. The lowest BCUT2D eigenvalue weighted by Gasteiger charge is -2.27. The molecule has 204 valence electrons. The maximum absolute atomic E-state index is 13.4. The number of para-hydroxylation sites is 1. The normalized spacial score (nSPS) is 15.4. The molecular formula is C25H37N5O6S. The highest BCUT2D eigenvalue weighted by Gasteiger charge is 2.33. The Balaban J connectivity index is 2.27. The van der Waals surface area contributed by atoms with Crippen molar-refractivity contribution in [2.75, 3.05) is 12.0 Å². The molecule has 3 amide bonds. The molecule has 0 saturated carbocycles. The molecule has 0 fully saturated rings. The number of carboxylic acid groups (broad SMARTS) is 1. The van der Waals surface area contributed by atoms with Crippen LogP contribution in [0, 0.1) is 5.92 Å². The predicted octanol–water partition coefficient (Wildman–Crippen LogP) is 0.367. The summed E-state index contributed by atoms with van der Waals surface area (Å²) in [5.74, 6) is -2.99. The van der Waals surface area contributed by atoms with Gasteiger partial charge in [-0.3, -0.25) is 14.4 Å². The summed E-state index contributed by atoms with van der Waals surface area (Å²) in [5, 5.41) is 28.1. The predicted molar refractivity (Wildman–Crippen MR) is 143 cm³/mol. The van der Waals surface area contributed by atoms with Gasteiger partial charge in [0.2, 0.25) is 17.7 Å². The molecule has 37 heavy (non-hydrogen) atoms. The fraction of sp³-hybridized carbons (Fsp3) is 0.520. The van der Waals surface area contributed by atoms with Crippen LogP contribution in [0.3, 0.4) is 0 Å². The van der Waals surface area contributed by atoms with E-state index in [1.54, 1.807) is 20.0 Å². The molecule has 5 unspecified atom stereocenters. The molecule has 0 aliphatic carbocycles. The lowest BCUT2D eigenvalue weighted by Crippen LogP contribution is -2.60. The number of aliphatic carboxylic acids is 1. The Morgan fingerprint density at radius 1 is 1.00 bits per heavy atom. The second kappa shape index (κ2) is 14.0. The van der Waals surface area contributed by atoms with Gasteiger partial charge in [0.1, 0.15) is 18.1 Å². The number of hydrogen-bond donors (Lipinski definition) is 7. The van der Waals surface area contributed by atoms with E-state index in [1.807, 2.05) is 30.5 Å². The van der Waals surface area contributed by atoms with E-state index in [0.29, 0.717) is 5.75 Å². The number of fused-ring (bicyclic) bond motifs is 1. The van der Waals surface area contributed by atoms with Gasteiger partial charge in [0.15, 0.2) is 0 Å². The molecule has 12 heteroatoms. The van der Waals surface area contributed by atoms with Crippen LogP contribution >= 0.6 is 11.8 Å². The van der Waals surface area contributed by atoms with Crippen LogP contribution in [0.5, 0.6) is 0 Å². The Labute approximate surface area is 220 Å². The number of thioether (sulfide) groups is 1. The average Bonchev–Trinajstić information content (AvgIpc) is 3.26. The van der Waals surface area contributed by atoms with E-state index in [-0.39, 0.29) is 18.8 Å². The summed E-state index contributed by atoms with van der Waals surface area (Å²) < 4.78 is 0. The Morgan fingerprint density at radius 3 is 2.24 bits per heavy atom. The molecule has 0 bridgehead atoms. The first-order chi connectivity index (χ1) is 17.5. The number of amides is 3. The molecule has 0 radical (unpaired) electrons. The maximum Gasteiger partial charge on any atom is 0.326 e. The van der Waals surface area contributed by atoms with Crippen molar-refractivity contribution in [3.8, 4) is 0 Å². The van der Waals surface area contributed by atoms with Gasteiger partial charge < -0.3 is 36.9 Å². The van der Waals surface area contributed by atoms with Crippen LogP contribution in [0.1, 0.15) is 32.8 Å².